The molecular weight excluding hydrogens is 308 g/mol. The molecule has 21 heavy (non-hydrogen) atoms. The van der Waals surface area contributed by atoms with Crippen molar-refractivity contribution in [2.45, 2.75) is 0 Å². The standard InChI is InChI=1S/C14H11ClN4OS/c15-9-3-4-10-8(6-9)7-11(17-10)14(20)19-18-13(16)12-2-1-5-21-12/h1-7,17H,(H2,16,18)(H,19,20). The second kappa shape index (κ2) is 5.59. The maximum atomic E-state index is 12.0. The van der Waals surface area contributed by atoms with Crippen LogP contribution in [0.1, 0.15) is 15.4 Å². The number of amidine groups is 1. The van der Waals surface area contributed by atoms with E-state index in [4.69, 9.17) is 17.3 Å². The number of nitrogens with two attached hydrogens (primary N) is 1. The predicted molar refractivity (Wildman–Crippen MR) is 85.8 cm³/mol. The average molecular weight is 319 g/mol. The number of rotatable bonds is 3. The quantitative estimate of drug-likeness (QED) is 0.394. The fraction of sp³-hybridized carbons (Fsp3) is 0. The van der Waals surface area contributed by atoms with Crippen LogP contribution < -0.4 is 11.2 Å². The lowest BCUT2D eigenvalue weighted by Crippen LogP contribution is -2.23. The van der Waals surface area contributed by atoms with Crippen molar-refractivity contribution in [2.75, 3.05) is 0 Å². The van der Waals surface area contributed by atoms with Crippen molar-refractivity contribution in [3.05, 3.63) is 57.4 Å². The molecule has 1 amide bonds. The van der Waals surface area contributed by atoms with Gasteiger partial charge in [0.2, 0.25) is 0 Å². The highest BCUT2D eigenvalue weighted by Crippen LogP contribution is 2.20. The van der Waals surface area contributed by atoms with Crippen molar-refractivity contribution in [1.82, 2.24) is 10.4 Å². The topological polar surface area (TPSA) is 83.3 Å². The van der Waals surface area contributed by atoms with Crippen LogP contribution in [-0.4, -0.2) is 16.7 Å². The summed E-state index contributed by atoms with van der Waals surface area (Å²) in [6.07, 6.45) is 0. The van der Waals surface area contributed by atoms with Crippen molar-refractivity contribution in [3.8, 4) is 0 Å². The number of fused-ring (bicyclic) bond motifs is 1. The van der Waals surface area contributed by atoms with Crippen LogP contribution in [0.4, 0.5) is 0 Å². The third-order valence-electron chi connectivity index (χ3n) is 2.88. The van der Waals surface area contributed by atoms with Crippen LogP contribution in [0.2, 0.25) is 5.02 Å². The Morgan fingerprint density at radius 2 is 2.19 bits per heavy atom. The third kappa shape index (κ3) is 2.91. The van der Waals surface area contributed by atoms with Gasteiger partial charge in [-0.05, 0) is 35.7 Å². The van der Waals surface area contributed by atoms with Crippen LogP contribution >= 0.6 is 22.9 Å². The Hall–Kier alpha value is -2.31. The minimum atomic E-state index is -0.359. The number of hydrazone groups is 1. The highest BCUT2D eigenvalue weighted by molar-refractivity contribution is 7.12. The van der Waals surface area contributed by atoms with E-state index in [0.29, 0.717) is 10.7 Å². The third-order valence-corrected chi connectivity index (χ3v) is 4.01. The van der Waals surface area contributed by atoms with E-state index in [1.54, 1.807) is 18.2 Å². The Morgan fingerprint density at radius 3 is 2.95 bits per heavy atom. The SMILES string of the molecule is NC(=NNC(=O)c1cc2cc(Cl)ccc2[nH]1)c1cccs1. The van der Waals surface area contributed by atoms with Crippen LogP contribution in [0, 0.1) is 0 Å². The number of carbonyl (C=O) groups excluding carboxylic acids is 1. The van der Waals surface area contributed by atoms with Gasteiger partial charge in [0.15, 0.2) is 5.84 Å². The van der Waals surface area contributed by atoms with Crippen molar-refractivity contribution in [3.63, 3.8) is 0 Å². The molecule has 0 saturated carbocycles. The molecule has 1 aromatic carbocycles. The molecule has 5 nitrogen and oxygen atoms in total. The molecule has 3 rings (SSSR count). The van der Waals surface area contributed by atoms with E-state index >= 15 is 0 Å². The Labute approximate surface area is 129 Å². The van der Waals surface area contributed by atoms with Gasteiger partial charge < -0.3 is 10.7 Å². The molecule has 106 valence electrons. The first kappa shape index (κ1) is 13.7. The van der Waals surface area contributed by atoms with E-state index in [1.807, 2.05) is 23.6 Å². The normalized spacial score (nSPS) is 11.8. The fourth-order valence-electron chi connectivity index (χ4n) is 1.88. The minimum Gasteiger partial charge on any atom is -0.381 e. The van der Waals surface area contributed by atoms with Gasteiger partial charge in [0.1, 0.15) is 5.69 Å². The van der Waals surface area contributed by atoms with Crippen LogP contribution in [0.15, 0.2) is 46.9 Å². The van der Waals surface area contributed by atoms with Gasteiger partial charge >= 0.3 is 0 Å². The number of amides is 1. The molecule has 0 bridgehead atoms. The summed E-state index contributed by atoms with van der Waals surface area (Å²) in [6, 6.07) is 10.8. The summed E-state index contributed by atoms with van der Waals surface area (Å²) in [5.74, 6) is -0.0839. The number of hydrogen-bond donors (Lipinski definition) is 3. The first-order chi connectivity index (χ1) is 10.1. The van der Waals surface area contributed by atoms with Crippen LogP contribution in [0.5, 0.6) is 0 Å². The number of nitrogens with zero attached hydrogens (tertiary/aromatic N) is 1. The lowest BCUT2D eigenvalue weighted by molar-refractivity contribution is 0.0950. The van der Waals surface area contributed by atoms with Gasteiger partial charge in [0, 0.05) is 15.9 Å². The number of halogens is 1. The molecule has 0 aliphatic heterocycles. The van der Waals surface area contributed by atoms with Crippen LogP contribution in [-0.2, 0) is 0 Å². The lowest BCUT2D eigenvalue weighted by atomic mass is 10.2. The zero-order chi connectivity index (χ0) is 14.8. The molecule has 0 saturated heterocycles. The number of hydrogen-bond acceptors (Lipinski definition) is 3. The van der Waals surface area contributed by atoms with Gasteiger partial charge in [0.05, 0.1) is 4.88 Å². The highest BCUT2D eigenvalue weighted by atomic mass is 35.5. The molecule has 4 N–H and O–H groups in total. The minimum absolute atomic E-state index is 0.275. The number of thiophene rings is 1. The maximum absolute atomic E-state index is 12.0. The van der Waals surface area contributed by atoms with E-state index in [9.17, 15) is 4.79 Å². The Bertz CT molecular complexity index is 823. The Kier molecular flexibility index (Phi) is 3.64. The smallest absolute Gasteiger partial charge is 0.287 e. The number of nitrogens with one attached hydrogen (secondary N) is 2. The number of aromatic nitrogens is 1. The zero-order valence-electron chi connectivity index (χ0n) is 10.8. The second-order valence-corrected chi connectivity index (χ2v) is 5.71. The first-order valence-electron chi connectivity index (χ1n) is 6.09. The molecule has 0 fully saturated rings. The number of aromatic amines is 1. The molecule has 3 aromatic rings. The summed E-state index contributed by atoms with van der Waals surface area (Å²) >= 11 is 7.37. The molecule has 0 atom stereocenters. The largest absolute Gasteiger partial charge is 0.381 e. The Balaban J connectivity index is 1.79. The summed E-state index contributed by atoms with van der Waals surface area (Å²) in [4.78, 5) is 15.8. The van der Waals surface area contributed by atoms with Gasteiger partial charge in [-0.2, -0.15) is 5.10 Å². The lowest BCUT2D eigenvalue weighted by Gasteiger charge is -1.98. The summed E-state index contributed by atoms with van der Waals surface area (Å²) in [6.45, 7) is 0. The molecule has 0 unspecified atom stereocenters. The molecule has 0 aliphatic rings. The molecule has 2 aromatic heterocycles. The molecular formula is C14H11ClN4OS. The average Bonchev–Trinajstić information content (AvgIpc) is 3.12. The number of benzene rings is 1. The van der Waals surface area contributed by atoms with Gasteiger partial charge in [-0.25, -0.2) is 5.43 Å². The molecule has 2 heterocycles. The van der Waals surface area contributed by atoms with Crippen molar-refractivity contribution >= 4 is 45.6 Å². The van der Waals surface area contributed by atoms with E-state index in [2.05, 4.69) is 15.5 Å². The summed E-state index contributed by atoms with van der Waals surface area (Å²) in [5.41, 5.74) is 9.44. The monoisotopic (exact) mass is 318 g/mol. The van der Waals surface area contributed by atoms with Crippen molar-refractivity contribution in [2.24, 2.45) is 10.8 Å². The first-order valence-corrected chi connectivity index (χ1v) is 7.35. The second-order valence-electron chi connectivity index (χ2n) is 4.33. The number of carbonyl (C=O) groups is 1. The molecule has 0 spiro atoms. The zero-order valence-corrected chi connectivity index (χ0v) is 12.3. The van der Waals surface area contributed by atoms with E-state index in [-0.39, 0.29) is 11.7 Å². The summed E-state index contributed by atoms with van der Waals surface area (Å²) < 4.78 is 0. The van der Waals surface area contributed by atoms with Gasteiger partial charge in [-0.1, -0.05) is 17.7 Å². The van der Waals surface area contributed by atoms with E-state index in [1.165, 1.54) is 11.3 Å². The highest BCUT2D eigenvalue weighted by Gasteiger charge is 2.09. The van der Waals surface area contributed by atoms with E-state index in [0.717, 1.165) is 15.8 Å². The van der Waals surface area contributed by atoms with Gasteiger partial charge in [0.25, 0.3) is 5.91 Å². The van der Waals surface area contributed by atoms with Crippen molar-refractivity contribution < 1.29 is 4.79 Å². The van der Waals surface area contributed by atoms with E-state index < -0.39 is 0 Å². The predicted octanol–water partition coefficient (Wildman–Crippen LogP) is 2.93. The van der Waals surface area contributed by atoms with Crippen LogP contribution in [0.25, 0.3) is 10.9 Å². The summed E-state index contributed by atoms with van der Waals surface area (Å²) in [7, 11) is 0. The molecule has 7 heteroatoms. The fourth-order valence-corrected chi connectivity index (χ4v) is 2.68. The van der Waals surface area contributed by atoms with Crippen LogP contribution in [0.3, 0.4) is 0 Å². The molecule has 0 aliphatic carbocycles. The van der Waals surface area contributed by atoms with Crippen molar-refractivity contribution in [1.29, 1.82) is 0 Å². The maximum Gasteiger partial charge on any atom is 0.287 e. The van der Waals surface area contributed by atoms with Gasteiger partial charge in [-0.3, -0.25) is 4.79 Å². The number of H-pyrrole nitrogens is 1. The van der Waals surface area contributed by atoms with Gasteiger partial charge in [-0.15, -0.1) is 11.3 Å². The Morgan fingerprint density at radius 1 is 1.33 bits per heavy atom. The summed E-state index contributed by atoms with van der Waals surface area (Å²) in [5, 5.41) is 7.26. The molecule has 0 radical (unpaired) electrons.